The molecule has 2 aliphatic rings. The Morgan fingerprint density at radius 2 is 2.26 bits per heavy atom. The molecule has 122 valence electrons. The Morgan fingerprint density at radius 3 is 2.91 bits per heavy atom. The molecule has 23 heavy (non-hydrogen) atoms. The van der Waals surface area contributed by atoms with E-state index in [4.69, 9.17) is 4.74 Å². The first kappa shape index (κ1) is 14.8. The molecule has 1 unspecified atom stereocenters. The number of hydrogen-bond donors (Lipinski definition) is 0. The first-order chi connectivity index (χ1) is 11.2. The van der Waals surface area contributed by atoms with Crippen molar-refractivity contribution in [2.24, 2.45) is 12.5 Å². The minimum absolute atomic E-state index is 0.0615. The highest BCUT2D eigenvalue weighted by Crippen LogP contribution is 2.49. The molecule has 4 rings (SSSR count). The van der Waals surface area contributed by atoms with Crippen LogP contribution in [0.1, 0.15) is 34.3 Å². The number of amides is 1. The quantitative estimate of drug-likeness (QED) is 0.843. The molecule has 4 heterocycles. The average molecular weight is 332 g/mol. The van der Waals surface area contributed by atoms with Crippen LogP contribution in [0.15, 0.2) is 23.8 Å². The van der Waals surface area contributed by atoms with Crippen molar-refractivity contribution in [3.8, 4) is 0 Å². The first-order valence-corrected chi connectivity index (χ1v) is 8.82. The lowest BCUT2D eigenvalue weighted by atomic mass is 9.72. The molecule has 6 nitrogen and oxygen atoms in total. The Balaban J connectivity index is 1.66. The van der Waals surface area contributed by atoms with Gasteiger partial charge in [0, 0.05) is 44.7 Å². The van der Waals surface area contributed by atoms with Gasteiger partial charge in [0.25, 0.3) is 5.91 Å². The monoisotopic (exact) mass is 332 g/mol. The largest absolute Gasteiger partial charge is 0.381 e. The van der Waals surface area contributed by atoms with Gasteiger partial charge in [-0.2, -0.15) is 0 Å². The molecule has 0 radical (unpaired) electrons. The molecule has 7 heteroatoms. The number of aryl methyl sites for hydroxylation is 1. The maximum Gasteiger partial charge on any atom is 0.263 e. The second-order valence-corrected chi connectivity index (χ2v) is 7.44. The molecule has 2 aromatic rings. The van der Waals surface area contributed by atoms with Crippen LogP contribution in [0.5, 0.6) is 0 Å². The van der Waals surface area contributed by atoms with Crippen molar-refractivity contribution in [2.75, 3.05) is 26.3 Å². The van der Waals surface area contributed by atoms with Gasteiger partial charge in [-0.3, -0.25) is 4.79 Å². The van der Waals surface area contributed by atoms with Crippen LogP contribution in [-0.2, 0) is 11.8 Å². The molecule has 2 aromatic heterocycles. The molecular formula is C16H20N4O2S. The summed E-state index contributed by atoms with van der Waals surface area (Å²) in [5.41, 5.74) is 0.0615. The Morgan fingerprint density at radius 1 is 1.43 bits per heavy atom. The van der Waals surface area contributed by atoms with Crippen molar-refractivity contribution < 1.29 is 9.53 Å². The SMILES string of the molecule is Cn1cnnc1C1CN(C(=O)c2cccs2)CC12CCOCC2. The van der Waals surface area contributed by atoms with E-state index in [1.807, 2.05) is 34.0 Å². The molecule has 0 aromatic carbocycles. The summed E-state index contributed by atoms with van der Waals surface area (Å²) in [7, 11) is 1.98. The normalized spacial score (nSPS) is 23.5. The second-order valence-electron chi connectivity index (χ2n) is 6.49. The maximum absolute atomic E-state index is 12.8. The van der Waals surface area contributed by atoms with E-state index in [1.165, 1.54) is 11.3 Å². The van der Waals surface area contributed by atoms with Crippen molar-refractivity contribution in [1.29, 1.82) is 0 Å². The van der Waals surface area contributed by atoms with E-state index in [0.717, 1.165) is 43.3 Å². The van der Waals surface area contributed by atoms with E-state index in [2.05, 4.69) is 10.2 Å². The molecule has 1 amide bonds. The summed E-state index contributed by atoms with van der Waals surface area (Å²) in [6, 6.07) is 3.83. The van der Waals surface area contributed by atoms with Crippen molar-refractivity contribution in [1.82, 2.24) is 19.7 Å². The van der Waals surface area contributed by atoms with Gasteiger partial charge in [-0.1, -0.05) is 6.07 Å². The minimum Gasteiger partial charge on any atom is -0.381 e. The van der Waals surface area contributed by atoms with Crippen molar-refractivity contribution >= 4 is 17.2 Å². The van der Waals surface area contributed by atoms with Crippen molar-refractivity contribution in [2.45, 2.75) is 18.8 Å². The zero-order valence-corrected chi connectivity index (χ0v) is 14.0. The van der Waals surface area contributed by atoms with Gasteiger partial charge in [-0.25, -0.2) is 0 Å². The number of hydrogen-bond acceptors (Lipinski definition) is 5. The zero-order valence-electron chi connectivity index (χ0n) is 13.1. The highest BCUT2D eigenvalue weighted by atomic mass is 32.1. The topological polar surface area (TPSA) is 60.2 Å². The molecule has 0 saturated carbocycles. The van der Waals surface area contributed by atoms with Crippen LogP contribution >= 0.6 is 11.3 Å². The summed E-state index contributed by atoms with van der Waals surface area (Å²) in [5, 5.41) is 10.3. The maximum atomic E-state index is 12.8. The molecular weight excluding hydrogens is 312 g/mol. The van der Waals surface area contributed by atoms with E-state index < -0.39 is 0 Å². The minimum atomic E-state index is 0.0615. The standard InChI is InChI=1S/C16H20N4O2S/c1-19-11-17-18-14(19)12-9-20(15(21)13-3-2-8-23-13)10-16(12)4-6-22-7-5-16/h2-3,8,11-12H,4-7,9-10H2,1H3. The lowest BCUT2D eigenvalue weighted by molar-refractivity contribution is 0.0108. The molecule has 0 aliphatic carbocycles. The highest BCUT2D eigenvalue weighted by molar-refractivity contribution is 7.12. The van der Waals surface area contributed by atoms with Crippen molar-refractivity contribution in [3.63, 3.8) is 0 Å². The van der Waals surface area contributed by atoms with Crippen LogP contribution in [0, 0.1) is 5.41 Å². The van der Waals surface area contributed by atoms with Crippen molar-refractivity contribution in [3.05, 3.63) is 34.5 Å². The summed E-state index contributed by atoms with van der Waals surface area (Å²) in [4.78, 5) is 15.6. The average Bonchev–Trinajstić information content (AvgIpc) is 3.28. The smallest absolute Gasteiger partial charge is 0.263 e. The van der Waals surface area contributed by atoms with E-state index in [-0.39, 0.29) is 17.2 Å². The Hall–Kier alpha value is -1.73. The van der Waals surface area contributed by atoms with Crippen LogP contribution in [0.3, 0.4) is 0 Å². The number of carbonyl (C=O) groups excluding carboxylic acids is 1. The summed E-state index contributed by atoms with van der Waals surface area (Å²) in [6.07, 6.45) is 3.68. The highest BCUT2D eigenvalue weighted by Gasteiger charge is 2.51. The Bertz CT molecular complexity index is 691. The fourth-order valence-corrected chi connectivity index (χ4v) is 4.62. The number of nitrogens with zero attached hydrogens (tertiary/aromatic N) is 4. The molecule has 2 aliphatic heterocycles. The zero-order chi connectivity index (χ0) is 15.9. The Kier molecular flexibility index (Phi) is 3.69. The lowest BCUT2D eigenvalue weighted by Crippen LogP contribution is -2.37. The van der Waals surface area contributed by atoms with Gasteiger partial charge in [0.2, 0.25) is 0 Å². The fourth-order valence-electron chi connectivity index (χ4n) is 3.93. The van der Waals surface area contributed by atoms with Gasteiger partial charge >= 0.3 is 0 Å². The molecule has 1 atom stereocenters. The van der Waals surface area contributed by atoms with E-state index in [1.54, 1.807) is 6.33 Å². The number of aromatic nitrogens is 3. The van der Waals surface area contributed by atoms with Gasteiger partial charge in [-0.05, 0) is 24.3 Å². The third-order valence-corrected chi connectivity index (χ3v) is 6.07. The molecule has 2 fully saturated rings. The van der Waals surface area contributed by atoms with Gasteiger partial charge < -0.3 is 14.2 Å². The van der Waals surface area contributed by atoms with Gasteiger partial charge in [0.05, 0.1) is 4.88 Å². The fraction of sp³-hybridized carbons (Fsp3) is 0.562. The summed E-state index contributed by atoms with van der Waals surface area (Å²) < 4.78 is 7.56. The van der Waals surface area contributed by atoms with Crippen LogP contribution < -0.4 is 0 Å². The van der Waals surface area contributed by atoms with Crippen LogP contribution in [-0.4, -0.2) is 51.9 Å². The van der Waals surface area contributed by atoms with E-state index >= 15 is 0 Å². The molecule has 1 spiro atoms. The number of thiophene rings is 1. The molecule has 0 bridgehead atoms. The number of rotatable bonds is 2. The summed E-state index contributed by atoms with van der Waals surface area (Å²) in [5.74, 6) is 1.34. The van der Waals surface area contributed by atoms with Gasteiger partial charge in [0.15, 0.2) is 0 Å². The number of likely N-dealkylation sites (tertiary alicyclic amines) is 1. The number of carbonyl (C=O) groups is 1. The second kappa shape index (κ2) is 5.72. The first-order valence-electron chi connectivity index (χ1n) is 7.94. The van der Waals surface area contributed by atoms with E-state index in [0.29, 0.717) is 6.54 Å². The third-order valence-electron chi connectivity index (χ3n) is 5.21. The summed E-state index contributed by atoms with van der Waals surface area (Å²) in [6.45, 7) is 3.01. The predicted octanol–water partition coefficient (Wildman–Crippen LogP) is 1.91. The van der Waals surface area contributed by atoms with Gasteiger partial charge in [-0.15, -0.1) is 21.5 Å². The Labute approximate surface area is 139 Å². The molecule has 2 saturated heterocycles. The van der Waals surface area contributed by atoms with Crippen LogP contribution in [0.2, 0.25) is 0 Å². The van der Waals surface area contributed by atoms with Crippen LogP contribution in [0.25, 0.3) is 0 Å². The van der Waals surface area contributed by atoms with Crippen LogP contribution in [0.4, 0.5) is 0 Å². The van der Waals surface area contributed by atoms with E-state index in [9.17, 15) is 4.79 Å². The molecule has 0 N–H and O–H groups in total. The summed E-state index contributed by atoms with van der Waals surface area (Å²) >= 11 is 1.51. The van der Waals surface area contributed by atoms with Gasteiger partial charge in [0.1, 0.15) is 12.2 Å². The predicted molar refractivity (Wildman–Crippen MR) is 86.5 cm³/mol. The number of ether oxygens (including phenoxy) is 1. The lowest BCUT2D eigenvalue weighted by Gasteiger charge is -2.37. The third kappa shape index (κ3) is 2.48.